The van der Waals surface area contributed by atoms with Crippen molar-refractivity contribution in [1.29, 1.82) is 0 Å². The molecular weight excluding hydrogens is 468 g/mol. The molecule has 0 saturated heterocycles. The molecule has 0 aliphatic heterocycles. The van der Waals surface area contributed by atoms with E-state index in [0.29, 0.717) is 0 Å². The van der Waals surface area contributed by atoms with Gasteiger partial charge in [0.15, 0.2) is 0 Å². The van der Waals surface area contributed by atoms with Crippen molar-refractivity contribution in [2.75, 3.05) is 9.44 Å². The highest BCUT2D eigenvalue weighted by atomic mass is 32.2. The molecule has 0 aliphatic carbocycles. The van der Waals surface area contributed by atoms with Gasteiger partial charge in [0.05, 0.1) is 21.2 Å². The molecule has 2 N–H and O–H groups in total. The monoisotopic (exact) mass is 488 g/mol. The summed E-state index contributed by atoms with van der Waals surface area (Å²) >= 11 is 0. The Bertz CT molecular complexity index is 1620. The highest BCUT2D eigenvalue weighted by Crippen LogP contribution is 2.29. The number of rotatable bonds is 6. The summed E-state index contributed by atoms with van der Waals surface area (Å²) in [5.41, 5.74) is 0.250. The molecule has 170 valence electrons. The van der Waals surface area contributed by atoms with Crippen LogP contribution in [0.1, 0.15) is 0 Å². The third kappa shape index (κ3) is 4.33. The summed E-state index contributed by atoms with van der Waals surface area (Å²) in [6.07, 6.45) is 0. The molecule has 0 radical (unpaired) electrons. The fraction of sp³-hybridized carbons (Fsp3) is 0. The average Bonchev–Trinajstić information content (AvgIpc) is 2.84. The molecule has 0 amide bonds. The van der Waals surface area contributed by atoms with Gasteiger partial charge in [-0.1, -0.05) is 72.8 Å². The number of para-hydroxylation sites is 2. The van der Waals surface area contributed by atoms with Crippen molar-refractivity contribution in [1.82, 2.24) is 0 Å². The Morgan fingerprint density at radius 3 is 1.18 bits per heavy atom. The van der Waals surface area contributed by atoms with E-state index in [1.807, 2.05) is 48.5 Å². The maximum atomic E-state index is 13.1. The van der Waals surface area contributed by atoms with Crippen molar-refractivity contribution in [2.45, 2.75) is 9.79 Å². The summed E-state index contributed by atoms with van der Waals surface area (Å²) in [6, 6.07) is 30.9. The first-order valence-electron chi connectivity index (χ1n) is 10.4. The van der Waals surface area contributed by atoms with Crippen LogP contribution < -0.4 is 9.44 Å². The van der Waals surface area contributed by atoms with Crippen molar-refractivity contribution in [2.24, 2.45) is 0 Å². The number of benzene rings is 5. The molecule has 5 rings (SSSR count). The van der Waals surface area contributed by atoms with Gasteiger partial charge in [0.25, 0.3) is 20.0 Å². The zero-order valence-corrected chi connectivity index (χ0v) is 19.5. The Morgan fingerprint density at radius 2 is 0.765 bits per heavy atom. The lowest BCUT2D eigenvalue weighted by molar-refractivity contribution is 0.599. The molecule has 0 saturated carbocycles. The van der Waals surface area contributed by atoms with E-state index in [-0.39, 0.29) is 21.2 Å². The Labute approximate surface area is 198 Å². The summed E-state index contributed by atoms with van der Waals surface area (Å²) in [7, 11) is -7.92. The quantitative estimate of drug-likeness (QED) is 0.326. The molecular formula is C26H20N2O4S2. The average molecular weight is 489 g/mol. The van der Waals surface area contributed by atoms with Crippen LogP contribution in [0.3, 0.4) is 0 Å². The molecule has 0 aromatic heterocycles. The molecule has 6 nitrogen and oxygen atoms in total. The van der Waals surface area contributed by atoms with E-state index in [1.54, 1.807) is 36.4 Å². The fourth-order valence-electron chi connectivity index (χ4n) is 3.74. The maximum absolute atomic E-state index is 13.1. The van der Waals surface area contributed by atoms with Crippen molar-refractivity contribution < 1.29 is 16.8 Å². The predicted octanol–water partition coefficient (Wildman–Crippen LogP) is 5.59. The van der Waals surface area contributed by atoms with Crippen LogP contribution in [0.15, 0.2) is 119 Å². The fourth-order valence-corrected chi connectivity index (χ4v) is 5.97. The zero-order chi connectivity index (χ0) is 23.8. The lowest BCUT2D eigenvalue weighted by Gasteiger charge is -2.15. The first kappa shape index (κ1) is 21.9. The van der Waals surface area contributed by atoms with Crippen molar-refractivity contribution in [3.8, 4) is 0 Å². The van der Waals surface area contributed by atoms with Crippen LogP contribution in [0, 0.1) is 0 Å². The van der Waals surface area contributed by atoms with Crippen molar-refractivity contribution in [3.05, 3.63) is 109 Å². The topological polar surface area (TPSA) is 92.3 Å². The van der Waals surface area contributed by atoms with Crippen LogP contribution >= 0.6 is 0 Å². The molecule has 5 aromatic rings. The third-order valence-corrected chi connectivity index (χ3v) is 8.20. The van der Waals surface area contributed by atoms with Gasteiger partial charge in [-0.3, -0.25) is 9.44 Å². The molecule has 0 atom stereocenters. The van der Waals surface area contributed by atoms with Gasteiger partial charge in [0, 0.05) is 0 Å². The van der Waals surface area contributed by atoms with Crippen LogP contribution in [0.4, 0.5) is 11.4 Å². The van der Waals surface area contributed by atoms with E-state index < -0.39 is 20.0 Å². The second-order valence-corrected chi connectivity index (χ2v) is 11.1. The Kier molecular flexibility index (Phi) is 5.47. The van der Waals surface area contributed by atoms with E-state index >= 15 is 0 Å². The summed E-state index contributed by atoms with van der Waals surface area (Å²) in [6.45, 7) is 0. The predicted molar refractivity (Wildman–Crippen MR) is 136 cm³/mol. The summed E-state index contributed by atoms with van der Waals surface area (Å²) in [4.78, 5) is 0.164. The Morgan fingerprint density at radius 1 is 0.412 bits per heavy atom. The van der Waals surface area contributed by atoms with E-state index in [2.05, 4.69) is 9.44 Å². The number of anilines is 2. The van der Waals surface area contributed by atoms with E-state index in [1.165, 1.54) is 24.3 Å². The van der Waals surface area contributed by atoms with Crippen molar-refractivity contribution in [3.63, 3.8) is 0 Å². The van der Waals surface area contributed by atoms with Gasteiger partial charge in [0.1, 0.15) is 0 Å². The Hall–Kier alpha value is -3.88. The minimum atomic E-state index is -3.96. The van der Waals surface area contributed by atoms with Gasteiger partial charge in [0.2, 0.25) is 0 Å². The second kappa shape index (κ2) is 8.48. The van der Waals surface area contributed by atoms with Gasteiger partial charge >= 0.3 is 0 Å². The van der Waals surface area contributed by atoms with Crippen LogP contribution in [-0.4, -0.2) is 16.8 Å². The molecule has 8 heteroatoms. The molecule has 34 heavy (non-hydrogen) atoms. The SMILES string of the molecule is O=S(=O)(Nc1ccccc1NS(=O)(=O)c1ccc2ccccc2c1)c1ccc2ccccc2c1. The van der Waals surface area contributed by atoms with Gasteiger partial charge in [-0.05, 0) is 57.9 Å². The van der Waals surface area contributed by atoms with Gasteiger partial charge in [-0.2, -0.15) is 0 Å². The highest BCUT2D eigenvalue weighted by Gasteiger charge is 2.20. The lowest BCUT2D eigenvalue weighted by Crippen LogP contribution is -2.17. The van der Waals surface area contributed by atoms with Crippen molar-refractivity contribution >= 4 is 53.0 Å². The van der Waals surface area contributed by atoms with Crippen LogP contribution in [0.25, 0.3) is 21.5 Å². The van der Waals surface area contributed by atoms with Gasteiger partial charge in [-0.15, -0.1) is 0 Å². The number of hydrogen-bond acceptors (Lipinski definition) is 4. The number of nitrogens with one attached hydrogen (secondary N) is 2. The summed E-state index contributed by atoms with van der Waals surface area (Å²) in [5.74, 6) is 0. The van der Waals surface area contributed by atoms with E-state index in [4.69, 9.17) is 0 Å². The zero-order valence-electron chi connectivity index (χ0n) is 17.8. The number of sulfonamides is 2. The first-order chi connectivity index (χ1) is 16.3. The minimum absolute atomic E-state index is 0.0818. The van der Waals surface area contributed by atoms with E-state index in [9.17, 15) is 16.8 Å². The smallest absolute Gasteiger partial charge is 0.261 e. The highest BCUT2D eigenvalue weighted by molar-refractivity contribution is 7.93. The second-order valence-electron chi connectivity index (χ2n) is 7.77. The lowest BCUT2D eigenvalue weighted by atomic mass is 10.1. The number of fused-ring (bicyclic) bond motifs is 2. The maximum Gasteiger partial charge on any atom is 0.261 e. The van der Waals surface area contributed by atoms with Gasteiger partial charge in [-0.25, -0.2) is 16.8 Å². The number of hydrogen-bond donors (Lipinski definition) is 2. The van der Waals surface area contributed by atoms with E-state index in [0.717, 1.165) is 21.5 Å². The largest absolute Gasteiger partial charge is 0.277 e. The molecule has 0 fully saturated rings. The molecule has 0 spiro atoms. The van der Waals surface area contributed by atoms with Crippen LogP contribution in [0.2, 0.25) is 0 Å². The summed E-state index contributed by atoms with van der Waals surface area (Å²) < 4.78 is 57.4. The molecule has 0 heterocycles. The minimum Gasteiger partial charge on any atom is -0.277 e. The molecule has 5 aromatic carbocycles. The standard InChI is InChI=1S/C26H20N2O4S2/c29-33(30,23-15-13-19-7-1-3-9-21(19)17-23)27-25-11-5-6-12-26(25)28-34(31,32)24-16-14-20-8-2-4-10-22(20)18-24/h1-18,27-28H. The normalized spacial score (nSPS) is 12.0. The molecule has 0 unspecified atom stereocenters. The third-order valence-electron chi connectivity index (χ3n) is 5.48. The van der Waals surface area contributed by atoms with Crippen LogP contribution in [0.5, 0.6) is 0 Å². The van der Waals surface area contributed by atoms with Crippen LogP contribution in [-0.2, 0) is 20.0 Å². The Balaban J connectivity index is 1.46. The van der Waals surface area contributed by atoms with Gasteiger partial charge < -0.3 is 0 Å². The molecule has 0 aliphatic rings. The summed E-state index contributed by atoms with van der Waals surface area (Å²) in [5, 5.41) is 3.42. The molecule has 0 bridgehead atoms. The first-order valence-corrected chi connectivity index (χ1v) is 13.4.